The number of carbonyl (C=O) groups excluding carboxylic acids is 2. The van der Waals surface area contributed by atoms with Gasteiger partial charge < -0.3 is 16.0 Å². The van der Waals surface area contributed by atoms with Crippen LogP contribution in [0.3, 0.4) is 0 Å². The molecule has 0 aliphatic rings. The molecule has 0 heterocycles. The van der Waals surface area contributed by atoms with Crippen LogP contribution in [0.1, 0.15) is 30.5 Å². The van der Waals surface area contributed by atoms with Crippen LogP contribution in [0.5, 0.6) is 0 Å². The lowest BCUT2D eigenvalue weighted by atomic mass is 10.1. The first-order valence-electron chi connectivity index (χ1n) is 10.1. The molecule has 2 amide bonds. The number of benzene rings is 3. The minimum Gasteiger partial charge on any atom is -0.326 e. The smallest absolute Gasteiger partial charge is 0.238 e. The molecule has 0 bridgehead atoms. The third-order valence-corrected chi connectivity index (χ3v) is 4.78. The molecule has 3 rings (SSSR count). The Balaban J connectivity index is 1.46. The molecule has 3 aromatic carbocycles. The summed E-state index contributed by atoms with van der Waals surface area (Å²) in [6.45, 7) is 2.22. The number of rotatable bonds is 9. The Morgan fingerprint density at radius 3 is 2.03 bits per heavy atom. The summed E-state index contributed by atoms with van der Waals surface area (Å²) in [5.74, 6) is -0.189. The molecule has 0 fully saturated rings. The fraction of sp³-hybridized carbons (Fsp3) is 0.200. The predicted molar refractivity (Wildman–Crippen MR) is 121 cm³/mol. The van der Waals surface area contributed by atoms with Crippen molar-refractivity contribution in [3.63, 3.8) is 0 Å². The molecule has 0 aromatic heterocycles. The first-order chi connectivity index (χ1) is 14.6. The van der Waals surface area contributed by atoms with Crippen molar-refractivity contribution in [1.29, 1.82) is 0 Å². The van der Waals surface area contributed by atoms with E-state index in [1.165, 1.54) is 0 Å². The highest BCUT2D eigenvalue weighted by atomic mass is 16.2. The number of nitrogens with one attached hydrogen (secondary N) is 3. The van der Waals surface area contributed by atoms with Gasteiger partial charge in [-0.15, -0.1) is 0 Å². The van der Waals surface area contributed by atoms with E-state index in [0.717, 1.165) is 11.1 Å². The van der Waals surface area contributed by atoms with Crippen LogP contribution in [-0.4, -0.2) is 18.4 Å². The Labute approximate surface area is 177 Å². The molecule has 0 radical (unpaired) electrons. The SMILES string of the molecule is CC(NCC(=O)Nc1cccc(NC(=O)CCc2ccccc2)c1)c1ccccc1. The molecule has 154 valence electrons. The molecule has 1 unspecified atom stereocenters. The summed E-state index contributed by atoms with van der Waals surface area (Å²) in [6, 6.07) is 27.2. The van der Waals surface area contributed by atoms with Crippen molar-refractivity contribution in [3.8, 4) is 0 Å². The molecule has 0 saturated carbocycles. The average molecular weight is 402 g/mol. The van der Waals surface area contributed by atoms with Gasteiger partial charge in [-0.25, -0.2) is 0 Å². The lowest BCUT2D eigenvalue weighted by molar-refractivity contribution is -0.116. The van der Waals surface area contributed by atoms with Gasteiger partial charge in [0, 0.05) is 23.8 Å². The Kier molecular flexibility index (Phi) is 7.75. The first-order valence-corrected chi connectivity index (χ1v) is 10.1. The molecule has 5 heteroatoms. The fourth-order valence-corrected chi connectivity index (χ4v) is 3.11. The number of amides is 2. The van der Waals surface area contributed by atoms with Crippen LogP contribution in [0.2, 0.25) is 0 Å². The van der Waals surface area contributed by atoms with E-state index in [1.54, 1.807) is 12.1 Å². The normalized spacial score (nSPS) is 11.5. The first kappa shape index (κ1) is 21.3. The van der Waals surface area contributed by atoms with Crippen LogP contribution in [-0.2, 0) is 16.0 Å². The Hall–Kier alpha value is -3.44. The molecule has 0 saturated heterocycles. The van der Waals surface area contributed by atoms with Gasteiger partial charge in [0.05, 0.1) is 6.54 Å². The summed E-state index contributed by atoms with van der Waals surface area (Å²) in [5, 5.41) is 8.98. The van der Waals surface area contributed by atoms with Gasteiger partial charge in [-0.2, -0.15) is 0 Å². The van der Waals surface area contributed by atoms with Crippen molar-refractivity contribution >= 4 is 23.2 Å². The highest BCUT2D eigenvalue weighted by Crippen LogP contribution is 2.16. The van der Waals surface area contributed by atoms with Crippen molar-refractivity contribution in [2.24, 2.45) is 0 Å². The van der Waals surface area contributed by atoms with Crippen LogP contribution < -0.4 is 16.0 Å². The molecule has 0 aliphatic heterocycles. The van der Waals surface area contributed by atoms with Crippen molar-refractivity contribution in [2.75, 3.05) is 17.2 Å². The van der Waals surface area contributed by atoms with Gasteiger partial charge in [-0.3, -0.25) is 9.59 Å². The fourth-order valence-electron chi connectivity index (χ4n) is 3.11. The quantitative estimate of drug-likeness (QED) is 0.493. The zero-order valence-corrected chi connectivity index (χ0v) is 17.1. The second-order valence-electron chi connectivity index (χ2n) is 7.18. The minimum absolute atomic E-state index is 0.0549. The maximum atomic E-state index is 12.3. The third-order valence-electron chi connectivity index (χ3n) is 4.78. The predicted octanol–water partition coefficient (Wildman–Crippen LogP) is 4.55. The number of hydrogen-bond donors (Lipinski definition) is 3. The van der Waals surface area contributed by atoms with E-state index in [1.807, 2.05) is 79.7 Å². The molecule has 5 nitrogen and oxygen atoms in total. The monoisotopic (exact) mass is 401 g/mol. The van der Waals surface area contributed by atoms with Crippen molar-refractivity contribution in [3.05, 3.63) is 96.1 Å². The maximum absolute atomic E-state index is 12.3. The molecular weight excluding hydrogens is 374 g/mol. The Bertz CT molecular complexity index is 958. The van der Waals surface area contributed by atoms with Gasteiger partial charge in [0.25, 0.3) is 0 Å². The van der Waals surface area contributed by atoms with E-state index < -0.39 is 0 Å². The summed E-state index contributed by atoms with van der Waals surface area (Å²) in [7, 11) is 0. The molecule has 3 N–H and O–H groups in total. The van der Waals surface area contributed by atoms with Crippen LogP contribution in [0, 0.1) is 0 Å². The summed E-state index contributed by atoms with van der Waals surface area (Å²) >= 11 is 0. The van der Waals surface area contributed by atoms with Crippen molar-refractivity contribution < 1.29 is 9.59 Å². The van der Waals surface area contributed by atoms with Crippen LogP contribution in [0.15, 0.2) is 84.9 Å². The standard InChI is InChI=1S/C25H27N3O2/c1-19(21-11-6-3-7-12-21)26-18-25(30)28-23-14-8-13-22(17-23)27-24(29)16-15-20-9-4-2-5-10-20/h2-14,17,19,26H,15-16,18H2,1H3,(H,27,29)(H,28,30). The van der Waals surface area contributed by atoms with Crippen LogP contribution >= 0.6 is 0 Å². The largest absolute Gasteiger partial charge is 0.326 e. The highest BCUT2D eigenvalue weighted by molar-refractivity contribution is 5.94. The average Bonchev–Trinajstić information content (AvgIpc) is 2.77. The second kappa shape index (κ2) is 10.9. The third kappa shape index (κ3) is 6.87. The zero-order chi connectivity index (χ0) is 21.2. The number of anilines is 2. The van der Waals surface area contributed by atoms with E-state index in [0.29, 0.717) is 24.2 Å². The maximum Gasteiger partial charge on any atom is 0.238 e. The second-order valence-corrected chi connectivity index (χ2v) is 7.18. The molecule has 1 atom stereocenters. The van der Waals surface area contributed by atoms with Crippen LogP contribution in [0.4, 0.5) is 11.4 Å². The van der Waals surface area contributed by atoms with Gasteiger partial charge >= 0.3 is 0 Å². The van der Waals surface area contributed by atoms with E-state index in [2.05, 4.69) is 16.0 Å². The lowest BCUT2D eigenvalue weighted by Crippen LogP contribution is -2.30. The zero-order valence-electron chi connectivity index (χ0n) is 17.1. The van der Waals surface area contributed by atoms with Crippen molar-refractivity contribution in [2.45, 2.75) is 25.8 Å². The molecule has 3 aromatic rings. The van der Waals surface area contributed by atoms with E-state index in [9.17, 15) is 9.59 Å². The summed E-state index contributed by atoms with van der Waals surface area (Å²) in [4.78, 5) is 24.5. The molecule has 30 heavy (non-hydrogen) atoms. The molecule has 0 aliphatic carbocycles. The van der Waals surface area contributed by atoms with Crippen molar-refractivity contribution in [1.82, 2.24) is 5.32 Å². The number of carbonyl (C=O) groups is 2. The summed E-state index contributed by atoms with van der Waals surface area (Å²) in [5.41, 5.74) is 3.57. The van der Waals surface area contributed by atoms with Gasteiger partial charge in [0.1, 0.15) is 0 Å². The van der Waals surface area contributed by atoms with Crippen LogP contribution in [0.25, 0.3) is 0 Å². The van der Waals surface area contributed by atoms with E-state index in [4.69, 9.17) is 0 Å². The Morgan fingerprint density at radius 2 is 1.37 bits per heavy atom. The highest BCUT2D eigenvalue weighted by Gasteiger charge is 2.09. The Morgan fingerprint density at radius 1 is 0.767 bits per heavy atom. The number of hydrogen-bond acceptors (Lipinski definition) is 3. The lowest BCUT2D eigenvalue weighted by Gasteiger charge is -2.14. The summed E-state index contributed by atoms with van der Waals surface area (Å²) < 4.78 is 0. The topological polar surface area (TPSA) is 70.2 Å². The van der Waals surface area contributed by atoms with Gasteiger partial charge in [-0.1, -0.05) is 66.7 Å². The number of aryl methyl sites for hydroxylation is 1. The van der Waals surface area contributed by atoms with Gasteiger partial charge in [0.15, 0.2) is 0 Å². The minimum atomic E-state index is -0.134. The van der Waals surface area contributed by atoms with E-state index >= 15 is 0 Å². The van der Waals surface area contributed by atoms with Gasteiger partial charge in [-0.05, 0) is 42.7 Å². The van der Waals surface area contributed by atoms with E-state index in [-0.39, 0.29) is 24.4 Å². The summed E-state index contributed by atoms with van der Waals surface area (Å²) in [6.07, 6.45) is 1.09. The molecular formula is C25H27N3O2. The van der Waals surface area contributed by atoms with Gasteiger partial charge in [0.2, 0.25) is 11.8 Å². The molecule has 0 spiro atoms.